The first kappa shape index (κ1) is 18.3. The highest BCUT2D eigenvalue weighted by atomic mass is 16.5. The van der Waals surface area contributed by atoms with E-state index in [9.17, 15) is 10.2 Å². The van der Waals surface area contributed by atoms with E-state index in [2.05, 4.69) is 15.2 Å². The van der Waals surface area contributed by atoms with Gasteiger partial charge >= 0.3 is 0 Å². The number of fused-ring (bicyclic) bond motifs is 3. The summed E-state index contributed by atoms with van der Waals surface area (Å²) < 4.78 is 8.54. The lowest BCUT2D eigenvalue weighted by molar-refractivity contribution is -0.115. The van der Waals surface area contributed by atoms with Gasteiger partial charge in [0.1, 0.15) is 11.4 Å². The molecule has 0 saturated carbocycles. The van der Waals surface area contributed by atoms with Crippen molar-refractivity contribution in [3.8, 4) is 11.6 Å². The molecule has 0 saturated heterocycles. The monoisotopic (exact) mass is 404 g/mol. The Morgan fingerprint density at radius 1 is 1.17 bits per heavy atom. The number of nitrogen functional groups attached to an aromatic ring is 1. The minimum atomic E-state index is -1.69. The van der Waals surface area contributed by atoms with E-state index in [0.29, 0.717) is 40.4 Å². The fraction of sp³-hybridized carbons (Fsp3) is 0.190. The molecule has 4 N–H and O–H groups in total. The van der Waals surface area contributed by atoms with Crippen molar-refractivity contribution in [3.63, 3.8) is 0 Å². The fourth-order valence-electron chi connectivity index (χ4n) is 4.01. The molecule has 0 spiro atoms. The zero-order valence-corrected chi connectivity index (χ0v) is 16.2. The van der Waals surface area contributed by atoms with E-state index in [1.54, 1.807) is 35.3 Å². The number of aromatic nitrogens is 5. The molecule has 5 rings (SSSR count). The van der Waals surface area contributed by atoms with E-state index in [1.807, 2.05) is 37.3 Å². The summed E-state index contributed by atoms with van der Waals surface area (Å²) in [7, 11) is 0. The summed E-state index contributed by atoms with van der Waals surface area (Å²) in [5.41, 5.74) is 6.94. The molecular weight excluding hydrogens is 384 g/mol. The number of hydrogen-bond acceptors (Lipinski definition) is 7. The minimum Gasteiger partial charge on any atom is -0.461 e. The highest BCUT2D eigenvalue weighted by Crippen LogP contribution is 2.36. The average Bonchev–Trinajstić information content (AvgIpc) is 3.49. The lowest BCUT2D eigenvalue weighted by Gasteiger charge is -2.36. The molecule has 1 atom stereocenters. The van der Waals surface area contributed by atoms with Crippen LogP contribution in [0.5, 0.6) is 0 Å². The van der Waals surface area contributed by atoms with Crippen LogP contribution in [0.2, 0.25) is 0 Å². The second-order valence-electron chi connectivity index (χ2n) is 7.09. The van der Waals surface area contributed by atoms with Gasteiger partial charge in [0.15, 0.2) is 17.7 Å². The van der Waals surface area contributed by atoms with E-state index in [-0.39, 0.29) is 0 Å². The maximum Gasteiger partial charge on any atom is 0.217 e. The molecule has 30 heavy (non-hydrogen) atoms. The number of anilines is 1. The number of nitrogens with zero attached hydrogens (tertiary/aromatic N) is 5. The zero-order valence-electron chi connectivity index (χ0n) is 16.2. The predicted molar refractivity (Wildman–Crippen MR) is 110 cm³/mol. The number of benzene rings is 1. The van der Waals surface area contributed by atoms with E-state index in [0.717, 1.165) is 5.56 Å². The predicted octanol–water partition coefficient (Wildman–Crippen LogP) is 2.39. The molecule has 9 nitrogen and oxygen atoms in total. The van der Waals surface area contributed by atoms with Crippen molar-refractivity contribution in [2.24, 2.45) is 0 Å². The first-order chi connectivity index (χ1) is 14.6. The van der Waals surface area contributed by atoms with E-state index in [4.69, 9.17) is 10.2 Å². The Morgan fingerprint density at radius 2 is 1.97 bits per heavy atom. The maximum absolute atomic E-state index is 10.5. The summed E-state index contributed by atoms with van der Waals surface area (Å²) in [6.07, 6.45) is 1.89. The Hall–Kier alpha value is -3.69. The van der Waals surface area contributed by atoms with Gasteiger partial charge < -0.3 is 20.4 Å². The van der Waals surface area contributed by atoms with E-state index >= 15 is 0 Å². The molecule has 1 unspecified atom stereocenters. The van der Waals surface area contributed by atoms with Gasteiger partial charge in [0, 0.05) is 6.07 Å². The van der Waals surface area contributed by atoms with Gasteiger partial charge in [-0.05, 0) is 24.1 Å². The van der Waals surface area contributed by atoms with Crippen LogP contribution in [-0.4, -0.2) is 40.9 Å². The van der Waals surface area contributed by atoms with Crippen LogP contribution in [0.3, 0.4) is 0 Å². The number of pyridine rings is 1. The van der Waals surface area contributed by atoms with Crippen LogP contribution in [-0.2, 0) is 5.54 Å². The van der Waals surface area contributed by atoms with Crippen LogP contribution in [0.4, 0.5) is 5.82 Å². The number of rotatable bonds is 5. The highest BCUT2D eigenvalue weighted by molar-refractivity contribution is 5.94. The Kier molecular flexibility index (Phi) is 4.09. The molecular formula is C21H20N6O3. The zero-order chi connectivity index (χ0) is 20.9. The van der Waals surface area contributed by atoms with Crippen molar-refractivity contribution in [2.75, 3.05) is 5.73 Å². The third-order valence-electron chi connectivity index (χ3n) is 5.54. The van der Waals surface area contributed by atoms with Crippen LogP contribution in [0.25, 0.3) is 28.1 Å². The molecule has 0 amide bonds. The first-order valence-electron chi connectivity index (χ1n) is 9.55. The van der Waals surface area contributed by atoms with Gasteiger partial charge in [-0.1, -0.05) is 37.3 Å². The first-order valence-corrected chi connectivity index (χ1v) is 9.55. The molecule has 0 bridgehead atoms. The molecule has 0 radical (unpaired) electrons. The number of aliphatic hydroxyl groups excluding tert-OH is 1. The lowest BCUT2D eigenvalue weighted by atomic mass is 9.86. The van der Waals surface area contributed by atoms with Gasteiger partial charge in [-0.15, -0.1) is 5.10 Å². The van der Waals surface area contributed by atoms with Crippen molar-refractivity contribution in [1.82, 2.24) is 24.4 Å². The van der Waals surface area contributed by atoms with Crippen molar-refractivity contribution in [3.05, 3.63) is 66.6 Å². The SMILES string of the molecule is CCC(c1ccccc1)(C(O)O)n1ncc2c1cc(N)n1nc(-c3ccco3)nc21. The topological polar surface area (TPSA) is 128 Å². The standard InChI is InChI=1S/C21H20N6O3/c1-2-21(20(28)29,13-7-4-3-5-8-13)27-15-11-17(22)26-19(14(15)12-23-27)24-18(25-26)16-9-6-10-30-16/h3-12,20,28-29H,2,22H2,1H3. The molecule has 4 heterocycles. The van der Waals surface area contributed by atoms with Gasteiger partial charge in [-0.2, -0.15) is 9.61 Å². The van der Waals surface area contributed by atoms with Gasteiger partial charge in [-0.3, -0.25) is 0 Å². The minimum absolute atomic E-state index is 0.343. The maximum atomic E-state index is 10.5. The number of hydrogen-bond donors (Lipinski definition) is 3. The van der Waals surface area contributed by atoms with Crippen LogP contribution in [0, 0.1) is 0 Å². The Balaban J connectivity index is 1.80. The Labute approximate surface area is 171 Å². The normalized spacial score (nSPS) is 14.0. The molecule has 152 valence electrons. The van der Waals surface area contributed by atoms with Crippen LogP contribution < -0.4 is 5.73 Å². The van der Waals surface area contributed by atoms with Crippen molar-refractivity contribution in [2.45, 2.75) is 25.2 Å². The molecule has 5 aromatic rings. The summed E-state index contributed by atoms with van der Waals surface area (Å²) in [6.45, 7) is 1.88. The average molecular weight is 404 g/mol. The summed E-state index contributed by atoms with van der Waals surface area (Å²) in [6, 6.07) is 14.5. The number of nitrogens with two attached hydrogens (primary N) is 1. The summed E-state index contributed by atoms with van der Waals surface area (Å²) in [5, 5.41) is 30.6. The molecule has 0 aliphatic rings. The third kappa shape index (κ3) is 2.46. The molecule has 9 heteroatoms. The van der Waals surface area contributed by atoms with Gasteiger partial charge in [-0.25, -0.2) is 9.67 Å². The summed E-state index contributed by atoms with van der Waals surface area (Å²) >= 11 is 0. The van der Waals surface area contributed by atoms with Gasteiger partial charge in [0.25, 0.3) is 0 Å². The van der Waals surface area contributed by atoms with Crippen molar-refractivity contribution >= 4 is 22.4 Å². The summed E-state index contributed by atoms with van der Waals surface area (Å²) in [5.74, 6) is 1.27. The fourth-order valence-corrected chi connectivity index (χ4v) is 4.01. The molecule has 4 aromatic heterocycles. The number of aliphatic hydroxyl groups is 2. The van der Waals surface area contributed by atoms with E-state index < -0.39 is 11.8 Å². The largest absolute Gasteiger partial charge is 0.461 e. The van der Waals surface area contributed by atoms with Crippen molar-refractivity contribution < 1.29 is 14.6 Å². The molecule has 0 aliphatic heterocycles. The second-order valence-corrected chi connectivity index (χ2v) is 7.09. The highest BCUT2D eigenvalue weighted by Gasteiger charge is 2.41. The van der Waals surface area contributed by atoms with Crippen molar-refractivity contribution in [1.29, 1.82) is 0 Å². The number of furan rings is 1. The van der Waals surface area contributed by atoms with Gasteiger partial charge in [0.2, 0.25) is 5.82 Å². The lowest BCUT2D eigenvalue weighted by Crippen LogP contribution is -2.46. The Bertz CT molecular complexity index is 1320. The Morgan fingerprint density at radius 3 is 2.63 bits per heavy atom. The molecule has 1 aromatic carbocycles. The van der Waals surface area contributed by atoms with E-state index in [1.165, 1.54) is 4.52 Å². The second kappa shape index (κ2) is 6.68. The van der Waals surface area contributed by atoms with Crippen LogP contribution >= 0.6 is 0 Å². The summed E-state index contributed by atoms with van der Waals surface area (Å²) in [4.78, 5) is 4.58. The molecule has 0 fully saturated rings. The van der Waals surface area contributed by atoms with Gasteiger partial charge in [0.05, 0.1) is 23.4 Å². The smallest absolute Gasteiger partial charge is 0.217 e. The molecule has 0 aliphatic carbocycles. The van der Waals surface area contributed by atoms with Crippen LogP contribution in [0.1, 0.15) is 18.9 Å². The van der Waals surface area contributed by atoms with Crippen LogP contribution in [0.15, 0.2) is 65.4 Å². The third-order valence-corrected chi connectivity index (χ3v) is 5.54. The quantitative estimate of drug-likeness (QED) is 0.384.